The number of nitrogens with zero attached hydrogens (tertiary/aromatic N) is 2. The second kappa shape index (κ2) is 6.60. The molecule has 0 unspecified atom stereocenters. The van der Waals surface area contributed by atoms with Crippen LogP contribution in [0.4, 0.5) is 0 Å². The van der Waals surface area contributed by atoms with E-state index in [9.17, 15) is 4.79 Å². The molecule has 19 heavy (non-hydrogen) atoms. The molecule has 0 aromatic heterocycles. The van der Waals surface area contributed by atoms with Gasteiger partial charge < -0.3 is 4.90 Å². The minimum Gasteiger partial charge on any atom is -0.336 e. The molecule has 0 atom stereocenters. The predicted molar refractivity (Wildman–Crippen MR) is 79.3 cm³/mol. The maximum Gasteiger partial charge on any atom is 0.254 e. The van der Waals surface area contributed by atoms with Crippen LogP contribution in [-0.2, 0) is 0 Å². The lowest BCUT2D eigenvalue weighted by Gasteiger charge is -2.34. The van der Waals surface area contributed by atoms with Crippen molar-refractivity contribution in [2.45, 2.75) is 6.92 Å². The highest BCUT2D eigenvalue weighted by Gasteiger charge is 2.22. The SMILES string of the molecule is Cc1cc(Cl)cc(C(=O)N2CCN(CCCl)CC2)c1. The number of hydrogen-bond acceptors (Lipinski definition) is 2. The summed E-state index contributed by atoms with van der Waals surface area (Å²) in [6.45, 7) is 6.11. The van der Waals surface area contributed by atoms with Crippen LogP contribution in [-0.4, -0.2) is 54.3 Å². The Morgan fingerprint density at radius 2 is 1.89 bits per heavy atom. The van der Waals surface area contributed by atoms with Gasteiger partial charge in [-0.15, -0.1) is 11.6 Å². The van der Waals surface area contributed by atoms with Crippen molar-refractivity contribution in [3.05, 3.63) is 34.3 Å². The van der Waals surface area contributed by atoms with Crippen molar-refractivity contribution < 1.29 is 4.79 Å². The van der Waals surface area contributed by atoms with E-state index in [1.807, 2.05) is 24.0 Å². The Morgan fingerprint density at radius 3 is 2.47 bits per heavy atom. The third-order valence-electron chi connectivity index (χ3n) is 3.35. The number of halogens is 2. The molecule has 0 radical (unpaired) electrons. The van der Waals surface area contributed by atoms with Crippen molar-refractivity contribution in [1.82, 2.24) is 9.80 Å². The van der Waals surface area contributed by atoms with E-state index in [4.69, 9.17) is 23.2 Å². The van der Waals surface area contributed by atoms with Crippen molar-refractivity contribution >= 4 is 29.1 Å². The molecule has 1 fully saturated rings. The highest BCUT2D eigenvalue weighted by Crippen LogP contribution is 2.17. The molecular weight excluding hydrogens is 283 g/mol. The van der Waals surface area contributed by atoms with E-state index in [2.05, 4.69) is 4.90 Å². The van der Waals surface area contributed by atoms with Gasteiger partial charge in [-0.2, -0.15) is 0 Å². The summed E-state index contributed by atoms with van der Waals surface area (Å²) in [7, 11) is 0. The Bertz CT molecular complexity index is 437. The third kappa shape index (κ3) is 3.85. The zero-order valence-corrected chi connectivity index (χ0v) is 12.5. The Kier molecular flexibility index (Phi) is 5.08. The van der Waals surface area contributed by atoms with Gasteiger partial charge in [-0.3, -0.25) is 9.69 Å². The van der Waals surface area contributed by atoms with Crippen LogP contribution in [0.1, 0.15) is 15.9 Å². The zero-order valence-electron chi connectivity index (χ0n) is 11.0. The van der Waals surface area contributed by atoms with Gasteiger partial charge >= 0.3 is 0 Å². The molecule has 1 heterocycles. The first kappa shape index (κ1) is 14.6. The van der Waals surface area contributed by atoms with Crippen LogP contribution >= 0.6 is 23.2 Å². The highest BCUT2D eigenvalue weighted by molar-refractivity contribution is 6.31. The van der Waals surface area contributed by atoms with Gasteiger partial charge in [0.2, 0.25) is 0 Å². The Labute approximate surface area is 124 Å². The van der Waals surface area contributed by atoms with Crippen molar-refractivity contribution in [1.29, 1.82) is 0 Å². The Balaban J connectivity index is 2.01. The molecule has 0 N–H and O–H groups in total. The van der Waals surface area contributed by atoms with E-state index in [-0.39, 0.29) is 5.91 Å². The number of carbonyl (C=O) groups is 1. The Hall–Kier alpha value is -0.770. The average Bonchev–Trinajstić information content (AvgIpc) is 2.38. The molecule has 1 amide bonds. The summed E-state index contributed by atoms with van der Waals surface area (Å²) in [5, 5.41) is 0.615. The van der Waals surface area contributed by atoms with Crippen molar-refractivity contribution in [3.8, 4) is 0 Å². The number of hydrogen-bond donors (Lipinski definition) is 0. The van der Waals surface area contributed by atoms with Crippen LogP contribution in [0.15, 0.2) is 18.2 Å². The zero-order chi connectivity index (χ0) is 13.8. The number of piperazine rings is 1. The fourth-order valence-corrected chi connectivity index (χ4v) is 2.87. The molecule has 1 aromatic rings. The van der Waals surface area contributed by atoms with Gasteiger partial charge in [0.1, 0.15) is 0 Å². The van der Waals surface area contributed by atoms with Crippen LogP contribution in [0, 0.1) is 6.92 Å². The molecule has 1 aliphatic rings. The first-order chi connectivity index (χ1) is 9.10. The summed E-state index contributed by atoms with van der Waals surface area (Å²) >= 11 is 11.7. The molecule has 5 heteroatoms. The summed E-state index contributed by atoms with van der Waals surface area (Å²) < 4.78 is 0. The number of benzene rings is 1. The quantitative estimate of drug-likeness (QED) is 0.801. The molecule has 2 rings (SSSR count). The lowest BCUT2D eigenvalue weighted by molar-refractivity contribution is 0.0644. The number of rotatable bonds is 3. The second-order valence-corrected chi connectivity index (χ2v) is 5.65. The van der Waals surface area contributed by atoms with Crippen LogP contribution in [0.2, 0.25) is 5.02 Å². The summed E-state index contributed by atoms with van der Waals surface area (Å²) in [5.41, 5.74) is 1.69. The molecule has 1 aromatic carbocycles. The van der Waals surface area contributed by atoms with Crippen LogP contribution in [0.5, 0.6) is 0 Å². The van der Waals surface area contributed by atoms with Crippen molar-refractivity contribution in [2.75, 3.05) is 38.6 Å². The monoisotopic (exact) mass is 300 g/mol. The fraction of sp³-hybridized carbons (Fsp3) is 0.500. The number of alkyl halides is 1. The normalized spacial score (nSPS) is 16.7. The third-order valence-corrected chi connectivity index (χ3v) is 3.74. The standard InChI is InChI=1S/C14H18Cl2N2O/c1-11-8-12(10-13(16)9-11)14(19)18-6-4-17(3-2-15)5-7-18/h8-10H,2-7H2,1H3. The molecule has 3 nitrogen and oxygen atoms in total. The molecule has 104 valence electrons. The summed E-state index contributed by atoms with van der Waals surface area (Å²) in [4.78, 5) is 16.6. The van der Waals surface area contributed by atoms with E-state index in [0.29, 0.717) is 16.5 Å². The molecular formula is C14H18Cl2N2O. The lowest BCUT2D eigenvalue weighted by atomic mass is 10.1. The topological polar surface area (TPSA) is 23.6 Å². The van der Waals surface area contributed by atoms with Gasteiger partial charge in [-0.05, 0) is 30.7 Å². The second-order valence-electron chi connectivity index (χ2n) is 4.84. The maximum atomic E-state index is 12.4. The lowest BCUT2D eigenvalue weighted by Crippen LogP contribution is -2.49. The smallest absolute Gasteiger partial charge is 0.254 e. The fourth-order valence-electron chi connectivity index (χ4n) is 2.34. The molecule has 1 aliphatic heterocycles. The number of amides is 1. The molecule has 0 bridgehead atoms. The Morgan fingerprint density at radius 1 is 1.21 bits per heavy atom. The van der Waals surface area contributed by atoms with Gasteiger partial charge in [-0.1, -0.05) is 11.6 Å². The number of aryl methyl sites for hydroxylation is 1. The van der Waals surface area contributed by atoms with E-state index in [1.54, 1.807) is 6.07 Å². The number of carbonyl (C=O) groups excluding carboxylic acids is 1. The highest BCUT2D eigenvalue weighted by atomic mass is 35.5. The van der Waals surface area contributed by atoms with E-state index in [1.165, 1.54) is 0 Å². The van der Waals surface area contributed by atoms with Crippen molar-refractivity contribution in [2.24, 2.45) is 0 Å². The van der Waals surface area contributed by atoms with Crippen LogP contribution < -0.4 is 0 Å². The minimum absolute atomic E-state index is 0.0659. The first-order valence-electron chi connectivity index (χ1n) is 6.45. The van der Waals surface area contributed by atoms with Crippen molar-refractivity contribution in [3.63, 3.8) is 0 Å². The summed E-state index contributed by atoms with van der Waals surface area (Å²) in [5.74, 6) is 0.706. The van der Waals surface area contributed by atoms with E-state index in [0.717, 1.165) is 38.3 Å². The van der Waals surface area contributed by atoms with Gasteiger partial charge in [0, 0.05) is 49.2 Å². The first-order valence-corrected chi connectivity index (χ1v) is 7.36. The molecule has 1 saturated heterocycles. The van der Waals surface area contributed by atoms with Crippen LogP contribution in [0.25, 0.3) is 0 Å². The van der Waals surface area contributed by atoms with E-state index < -0.39 is 0 Å². The van der Waals surface area contributed by atoms with Crippen LogP contribution in [0.3, 0.4) is 0 Å². The van der Waals surface area contributed by atoms with Gasteiger partial charge in [0.15, 0.2) is 0 Å². The van der Waals surface area contributed by atoms with Gasteiger partial charge in [0.05, 0.1) is 0 Å². The summed E-state index contributed by atoms with van der Waals surface area (Å²) in [6, 6.07) is 5.48. The molecule has 0 spiro atoms. The van der Waals surface area contributed by atoms with Gasteiger partial charge in [-0.25, -0.2) is 0 Å². The largest absolute Gasteiger partial charge is 0.336 e. The maximum absolute atomic E-state index is 12.4. The van der Waals surface area contributed by atoms with Gasteiger partial charge in [0.25, 0.3) is 5.91 Å². The molecule has 0 aliphatic carbocycles. The average molecular weight is 301 g/mol. The summed E-state index contributed by atoms with van der Waals surface area (Å²) in [6.07, 6.45) is 0. The minimum atomic E-state index is 0.0659. The van der Waals surface area contributed by atoms with E-state index >= 15 is 0 Å². The molecule has 0 saturated carbocycles. The predicted octanol–water partition coefficient (Wildman–Crippen LogP) is 2.65.